The minimum Gasteiger partial charge on any atom is -0.0619 e. The predicted molar refractivity (Wildman–Crippen MR) is 206 cm³/mol. The van der Waals surface area contributed by atoms with Crippen LogP contribution in [0.4, 0.5) is 0 Å². The summed E-state index contributed by atoms with van der Waals surface area (Å²) < 4.78 is 1.12. The minimum atomic E-state index is -0.464. The van der Waals surface area contributed by atoms with Crippen LogP contribution in [0.15, 0.2) is 168 Å². The third-order valence-electron chi connectivity index (χ3n) is 11.1. The van der Waals surface area contributed by atoms with Crippen molar-refractivity contribution in [2.24, 2.45) is 0 Å². The Kier molecular flexibility index (Phi) is 5.27. The Hall–Kier alpha value is -5.50. The molecular formula is C47H27Br. The third kappa shape index (κ3) is 3.25. The van der Waals surface area contributed by atoms with Crippen molar-refractivity contribution < 1.29 is 0 Å². The van der Waals surface area contributed by atoms with Crippen LogP contribution in [0.1, 0.15) is 22.3 Å². The van der Waals surface area contributed by atoms with E-state index in [-0.39, 0.29) is 0 Å². The van der Waals surface area contributed by atoms with Gasteiger partial charge in [-0.25, -0.2) is 0 Å². The maximum Gasteiger partial charge on any atom is 0.0726 e. The molecule has 0 saturated carbocycles. The Morgan fingerprint density at radius 1 is 0.312 bits per heavy atom. The fourth-order valence-corrected chi connectivity index (χ4v) is 9.69. The Morgan fingerprint density at radius 2 is 0.917 bits per heavy atom. The van der Waals surface area contributed by atoms with Crippen molar-refractivity contribution in [3.8, 4) is 33.4 Å². The van der Waals surface area contributed by atoms with Crippen molar-refractivity contribution in [1.29, 1.82) is 0 Å². The van der Waals surface area contributed by atoms with E-state index in [1.165, 1.54) is 98.7 Å². The Bertz CT molecular complexity index is 2860. The summed E-state index contributed by atoms with van der Waals surface area (Å²) in [6, 6.07) is 61.5. The average molecular weight is 672 g/mol. The normalized spacial score (nSPS) is 15.7. The standard InChI is InChI=1S/C47H27Br/c48-44-24-22-34(32-15-5-7-17-35(32)44)38-27-43-46(36-18-8-6-16-33(36)38)37-19-9-10-20-40(37)47(43)41-23-21-28-11-3-4-14-31(28)45(41)39-25-29-12-1-2-13-30(29)26-42(39)47/h1-27H. The van der Waals surface area contributed by atoms with Gasteiger partial charge in [-0.3, -0.25) is 0 Å². The van der Waals surface area contributed by atoms with Crippen LogP contribution in [0.25, 0.3) is 76.5 Å². The summed E-state index contributed by atoms with van der Waals surface area (Å²) in [6.45, 7) is 0. The van der Waals surface area contributed by atoms with Gasteiger partial charge < -0.3 is 0 Å². The topological polar surface area (TPSA) is 0 Å². The molecule has 1 heteroatoms. The molecule has 2 aliphatic rings. The van der Waals surface area contributed by atoms with Crippen LogP contribution in [-0.2, 0) is 5.41 Å². The molecule has 2 aliphatic carbocycles. The molecule has 0 radical (unpaired) electrons. The van der Waals surface area contributed by atoms with E-state index in [1.54, 1.807) is 0 Å². The quantitative estimate of drug-likeness (QED) is 0.163. The zero-order valence-corrected chi connectivity index (χ0v) is 27.6. The van der Waals surface area contributed by atoms with E-state index in [1.807, 2.05) is 0 Å². The molecule has 1 spiro atoms. The van der Waals surface area contributed by atoms with Gasteiger partial charge in [0.15, 0.2) is 0 Å². The summed E-state index contributed by atoms with van der Waals surface area (Å²) in [4.78, 5) is 0. The van der Waals surface area contributed by atoms with E-state index in [9.17, 15) is 0 Å². The van der Waals surface area contributed by atoms with Crippen molar-refractivity contribution >= 4 is 59.0 Å². The largest absolute Gasteiger partial charge is 0.0726 e. The van der Waals surface area contributed by atoms with Gasteiger partial charge in [0.25, 0.3) is 0 Å². The molecule has 11 rings (SSSR count). The first-order valence-corrected chi connectivity index (χ1v) is 17.4. The van der Waals surface area contributed by atoms with Crippen molar-refractivity contribution in [2.75, 3.05) is 0 Å². The first-order valence-electron chi connectivity index (χ1n) is 16.6. The summed E-state index contributed by atoms with van der Waals surface area (Å²) in [6.07, 6.45) is 0. The van der Waals surface area contributed by atoms with Crippen molar-refractivity contribution in [2.45, 2.75) is 5.41 Å². The number of hydrogen-bond donors (Lipinski definition) is 0. The van der Waals surface area contributed by atoms with Crippen molar-refractivity contribution in [1.82, 2.24) is 0 Å². The number of hydrogen-bond acceptors (Lipinski definition) is 0. The van der Waals surface area contributed by atoms with Crippen LogP contribution in [-0.4, -0.2) is 0 Å². The first-order chi connectivity index (χ1) is 23.7. The molecule has 0 nitrogen and oxygen atoms in total. The molecule has 1 atom stereocenters. The highest BCUT2D eigenvalue weighted by Gasteiger charge is 2.52. The zero-order chi connectivity index (χ0) is 31.6. The lowest BCUT2D eigenvalue weighted by molar-refractivity contribution is 0.796. The van der Waals surface area contributed by atoms with Gasteiger partial charge in [0.1, 0.15) is 0 Å². The lowest BCUT2D eigenvalue weighted by Gasteiger charge is -2.31. The van der Waals surface area contributed by atoms with Crippen LogP contribution in [0, 0.1) is 0 Å². The minimum absolute atomic E-state index is 0.464. The fraction of sp³-hybridized carbons (Fsp3) is 0.0213. The summed E-state index contributed by atoms with van der Waals surface area (Å²) >= 11 is 3.85. The monoisotopic (exact) mass is 670 g/mol. The highest BCUT2D eigenvalue weighted by Crippen LogP contribution is 2.65. The van der Waals surface area contributed by atoms with E-state index in [0.29, 0.717) is 0 Å². The predicted octanol–water partition coefficient (Wildman–Crippen LogP) is 13.1. The molecule has 0 fully saturated rings. The maximum atomic E-state index is 3.85. The molecule has 222 valence electrons. The molecule has 0 amide bonds. The van der Waals surface area contributed by atoms with Crippen LogP contribution in [0.2, 0.25) is 0 Å². The number of benzene rings is 9. The molecule has 0 bridgehead atoms. The summed E-state index contributed by atoms with van der Waals surface area (Å²) in [5.74, 6) is 0. The van der Waals surface area contributed by atoms with Gasteiger partial charge in [-0.2, -0.15) is 0 Å². The molecule has 48 heavy (non-hydrogen) atoms. The molecular weight excluding hydrogens is 644 g/mol. The van der Waals surface area contributed by atoms with Gasteiger partial charge in [0, 0.05) is 4.47 Å². The van der Waals surface area contributed by atoms with Crippen molar-refractivity contribution in [3.05, 3.63) is 191 Å². The van der Waals surface area contributed by atoms with Gasteiger partial charge >= 0.3 is 0 Å². The molecule has 1 unspecified atom stereocenters. The van der Waals surface area contributed by atoms with Gasteiger partial charge in [-0.1, -0.05) is 155 Å². The second-order valence-electron chi connectivity index (χ2n) is 13.3. The fourth-order valence-electron chi connectivity index (χ4n) is 9.21. The van der Waals surface area contributed by atoms with E-state index in [2.05, 4.69) is 180 Å². The van der Waals surface area contributed by atoms with Gasteiger partial charge in [0.2, 0.25) is 0 Å². The summed E-state index contributed by atoms with van der Waals surface area (Å²) in [5, 5.41) is 10.2. The van der Waals surface area contributed by atoms with Crippen LogP contribution < -0.4 is 0 Å². The van der Waals surface area contributed by atoms with Gasteiger partial charge in [-0.05, 0) is 123 Å². The van der Waals surface area contributed by atoms with E-state index < -0.39 is 5.41 Å². The number of fused-ring (bicyclic) bond motifs is 16. The van der Waals surface area contributed by atoms with E-state index in [0.717, 1.165) is 4.47 Å². The molecule has 0 saturated heterocycles. The summed E-state index contributed by atoms with van der Waals surface area (Å²) in [5.41, 5.74) is 12.9. The highest BCUT2D eigenvalue weighted by molar-refractivity contribution is 9.10. The van der Waals surface area contributed by atoms with E-state index in [4.69, 9.17) is 0 Å². The van der Waals surface area contributed by atoms with Crippen LogP contribution >= 0.6 is 15.9 Å². The molecule has 9 aromatic carbocycles. The molecule has 0 N–H and O–H groups in total. The first kappa shape index (κ1) is 26.6. The smallest absolute Gasteiger partial charge is 0.0619 e. The SMILES string of the molecule is Brc1ccc(-c2cc3c(c4ccccc24)-c2ccccc2C32c3cc4ccccc4cc3-c3c2ccc2ccccc32)c2ccccc12. The number of rotatable bonds is 1. The highest BCUT2D eigenvalue weighted by atomic mass is 79.9. The summed E-state index contributed by atoms with van der Waals surface area (Å²) in [7, 11) is 0. The Labute approximate surface area is 287 Å². The van der Waals surface area contributed by atoms with Gasteiger partial charge in [0.05, 0.1) is 5.41 Å². The molecule has 0 heterocycles. The van der Waals surface area contributed by atoms with Crippen molar-refractivity contribution in [3.63, 3.8) is 0 Å². The second kappa shape index (κ2) is 9.53. The third-order valence-corrected chi connectivity index (χ3v) is 11.8. The zero-order valence-electron chi connectivity index (χ0n) is 26.0. The molecule has 0 aliphatic heterocycles. The van der Waals surface area contributed by atoms with Gasteiger partial charge in [-0.15, -0.1) is 0 Å². The second-order valence-corrected chi connectivity index (χ2v) is 14.1. The Balaban J connectivity index is 1.37. The van der Waals surface area contributed by atoms with E-state index >= 15 is 0 Å². The average Bonchev–Trinajstić information content (AvgIpc) is 3.61. The molecule has 0 aromatic heterocycles. The maximum absolute atomic E-state index is 3.85. The molecule has 9 aromatic rings. The lowest BCUT2D eigenvalue weighted by Crippen LogP contribution is -2.26. The van der Waals surface area contributed by atoms with Crippen LogP contribution in [0.5, 0.6) is 0 Å². The van der Waals surface area contributed by atoms with Crippen LogP contribution in [0.3, 0.4) is 0 Å². The Morgan fingerprint density at radius 3 is 1.73 bits per heavy atom. The number of halogens is 1. The lowest BCUT2D eigenvalue weighted by atomic mass is 9.69.